The number of aromatic nitrogens is 1. The van der Waals surface area contributed by atoms with Gasteiger partial charge in [-0.15, -0.1) is 0 Å². The minimum Gasteiger partial charge on any atom is -0.354 e. The molecule has 11 heteroatoms. The number of hydrogen-bond acceptors (Lipinski definition) is 5. The molecule has 1 atom stereocenters. The van der Waals surface area contributed by atoms with E-state index in [0.717, 1.165) is 27.8 Å². The van der Waals surface area contributed by atoms with Crippen molar-refractivity contribution in [2.24, 2.45) is 0 Å². The Morgan fingerprint density at radius 1 is 0.932 bits per heavy atom. The third kappa shape index (κ3) is 4.73. The van der Waals surface area contributed by atoms with E-state index in [4.69, 9.17) is 0 Å². The van der Waals surface area contributed by atoms with Crippen molar-refractivity contribution < 1.29 is 28.0 Å². The lowest BCUT2D eigenvalue weighted by atomic mass is 9.99. The molecule has 1 fully saturated rings. The van der Waals surface area contributed by atoms with Crippen LogP contribution in [0.5, 0.6) is 0 Å². The predicted octanol–water partition coefficient (Wildman–Crippen LogP) is 3.79. The second-order valence-electron chi connectivity index (χ2n) is 11.7. The molecule has 3 aliphatic heterocycles. The number of nitrogens with one attached hydrogen (secondary N) is 3. The zero-order chi connectivity index (χ0) is 30.7. The molecular formula is C33H29F2N5O4. The number of hydrogen-bond donors (Lipinski definition) is 3. The van der Waals surface area contributed by atoms with Crippen LogP contribution in [0.2, 0.25) is 0 Å². The highest BCUT2D eigenvalue weighted by molar-refractivity contribution is 6.10. The number of amides is 4. The number of piperidine rings is 1. The molecule has 0 aliphatic carbocycles. The van der Waals surface area contributed by atoms with Gasteiger partial charge in [-0.3, -0.25) is 29.4 Å². The van der Waals surface area contributed by atoms with Gasteiger partial charge < -0.3 is 15.2 Å². The van der Waals surface area contributed by atoms with Gasteiger partial charge in [0.25, 0.3) is 11.8 Å². The van der Waals surface area contributed by atoms with Crippen LogP contribution in [0.25, 0.3) is 22.2 Å². The highest BCUT2D eigenvalue weighted by Crippen LogP contribution is 2.35. The summed E-state index contributed by atoms with van der Waals surface area (Å²) < 4.78 is 29.9. The number of nitrogens with zero attached hydrogens (tertiary/aromatic N) is 2. The zero-order valence-electron chi connectivity index (χ0n) is 23.9. The summed E-state index contributed by atoms with van der Waals surface area (Å²) in [5.41, 5.74) is 5.62. The number of H-pyrrole nitrogens is 1. The fourth-order valence-corrected chi connectivity index (χ4v) is 6.65. The highest BCUT2D eigenvalue weighted by Gasteiger charge is 2.40. The standard InChI is InChI=1S/C33H29F2N5O4/c1-39(15-19-6-7-21-24(29(19)35)16-40(33(21)44)26-8-9-27(41)38-32(26)43)14-17-2-4-18(5-3-17)30-22-10-11-36-31(42)23-12-20(34)13-25(37-30)28(22)23/h2-7,12-13,26,37H,8-11,14-16H2,1H3,(H,36,42)(H,38,41,43). The number of rotatable bonds is 6. The van der Waals surface area contributed by atoms with Crippen LogP contribution in [-0.2, 0) is 35.6 Å². The molecule has 0 spiro atoms. The molecule has 7 rings (SSSR count). The van der Waals surface area contributed by atoms with E-state index in [9.17, 15) is 23.6 Å². The van der Waals surface area contributed by atoms with Crippen molar-refractivity contribution in [2.45, 2.75) is 44.9 Å². The number of carbonyl (C=O) groups is 4. The Kier molecular flexibility index (Phi) is 6.77. The fraction of sp³-hybridized carbons (Fsp3) is 0.273. The first kappa shape index (κ1) is 27.9. The zero-order valence-corrected chi connectivity index (χ0v) is 23.9. The quantitative estimate of drug-likeness (QED) is 0.293. The summed E-state index contributed by atoms with van der Waals surface area (Å²) in [6.07, 6.45) is 0.976. The van der Waals surface area contributed by atoms with Crippen LogP contribution in [0.1, 0.15) is 55.8 Å². The van der Waals surface area contributed by atoms with Gasteiger partial charge in [0, 0.05) is 59.3 Å². The van der Waals surface area contributed by atoms with E-state index in [1.807, 2.05) is 36.2 Å². The van der Waals surface area contributed by atoms with Gasteiger partial charge in [-0.25, -0.2) is 8.78 Å². The molecule has 0 saturated carbocycles. The Morgan fingerprint density at radius 3 is 2.50 bits per heavy atom. The van der Waals surface area contributed by atoms with Crippen LogP contribution in [0, 0.1) is 11.6 Å². The Hall–Kier alpha value is -4.90. The minimum atomic E-state index is -0.795. The van der Waals surface area contributed by atoms with Gasteiger partial charge in [0.1, 0.15) is 17.7 Å². The Morgan fingerprint density at radius 2 is 1.73 bits per heavy atom. The Balaban J connectivity index is 1.06. The summed E-state index contributed by atoms with van der Waals surface area (Å²) >= 11 is 0. The van der Waals surface area contributed by atoms with E-state index in [1.165, 1.54) is 17.0 Å². The van der Waals surface area contributed by atoms with Gasteiger partial charge >= 0.3 is 0 Å². The van der Waals surface area contributed by atoms with Crippen molar-refractivity contribution >= 4 is 34.5 Å². The number of aromatic amines is 1. The second kappa shape index (κ2) is 10.7. The summed E-state index contributed by atoms with van der Waals surface area (Å²) in [5, 5.41) is 5.85. The molecule has 3 aromatic carbocycles. The maximum absolute atomic E-state index is 15.6. The number of carbonyl (C=O) groups excluding carboxylic acids is 4. The van der Waals surface area contributed by atoms with E-state index in [2.05, 4.69) is 15.6 Å². The van der Waals surface area contributed by atoms with Crippen molar-refractivity contribution in [2.75, 3.05) is 13.6 Å². The number of halogens is 2. The van der Waals surface area contributed by atoms with Gasteiger partial charge in [-0.1, -0.05) is 30.3 Å². The average molecular weight is 598 g/mol. The smallest absolute Gasteiger partial charge is 0.255 e. The average Bonchev–Trinajstić information content (AvgIpc) is 3.46. The lowest BCUT2D eigenvalue weighted by molar-refractivity contribution is -0.136. The largest absolute Gasteiger partial charge is 0.354 e. The maximum atomic E-state index is 15.6. The van der Waals surface area contributed by atoms with Crippen LogP contribution < -0.4 is 10.6 Å². The van der Waals surface area contributed by atoms with Crippen molar-refractivity contribution in [1.82, 2.24) is 25.4 Å². The van der Waals surface area contributed by atoms with Crippen LogP contribution in [0.4, 0.5) is 8.78 Å². The highest BCUT2D eigenvalue weighted by atomic mass is 19.1. The molecule has 224 valence electrons. The molecule has 4 heterocycles. The van der Waals surface area contributed by atoms with Gasteiger partial charge in [0.05, 0.1) is 12.1 Å². The van der Waals surface area contributed by atoms with Crippen LogP contribution >= 0.6 is 0 Å². The molecule has 3 aliphatic rings. The second-order valence-corrected chi connectivity index (χ2v) is 11.7. The van der Waals surface area contributed by atoms with Crippen LogP contribution in [0.15, 0.2) is 48.5 Å². The summed E-state index contributed by atoms with van der Waals surface area (Å²) in [6.45, 7) is 1.28. The molecule has 1 aromatic heterocycles. The molecule has 4 amide bonds. The fourth-order valence-electron chi connectivity index (χ4n) is 6.65. The summed E-state index contributed by atoms with van der Waals surface area (Å²) in [4.78, 5) is 56.0. The van der Waals surface area contributed by atoms with Gasteiger partial charge in [-0.05, 0) is 54.8 Å². The number of benzene rings is 3. The Bertz CT molecular complexity index is 1880. The van der Waals surface area contributed by atoms with Gasteiger partial charge in [0.15, 0.2) is 0 Å². The van der Waals surface area contributed by atoms with E-state index < -0.39 is 29.5 Å². The summed E-state index contributed by atoms with van der Waals surface area (Å²) in [7, 11) is 1.88. The van der Waals surface area contributed by atoms with Crippen molar-refractivity contribution in [3.63, 3.8) is 0 Å². The van der Waals surface area contributed by atoms with Crippen LogP contribution in [0.3, 0.4) is 0 Å². The minimum absolute atomic E-state index is 0.0145. The molecule has 0 radical (unpaired) electrons. The maximum Gasteiger partial charge on any atom is 0.255 e. The molecular weight excluding hydrogens is 568 g/mol. The lowest BCUT2D eigenvalue weighted by Crippen LogP contribution is -2.52. The molecule has 1 saturated heterocycles. The van der Waals surface area contributed by atoms with E-state index >= 15 is 4.39 Å². The molecule has 3 N–H and O–H groups in total. The third-order valence-electron chi connectivity index (χ3n) is 8.74. The predicted molar refractivity (Wildman–Crippen MR) is 157 cm³/mol. The van der Waals surface area contributed by atoms with E-state index in [0.29, 0.717) is 42.7 Å². The number of imide groups is 1. The number of fused-ring (bicyclic) bond motifs is 1. The molecule has 1 unspecified atom stereocenters. The molecule has 9 nitrogen and oxygen atoms in total. The first-order valence-electron chi connectivity index (χ1n) is 14.5. The van der Waals surface area contributed by atoms with Gasteiger partial charge in [-0.2, -0.15) is 0 Å². The van der Waals surface area contributed by atoms with Crippen molar-refractivity contribution in [1.29, 1.82) is 0 Å². The van der Waals surface area contributed by atoms with Crippen LogP contribution in [-0.4, -0.2) is 58.0 Å². The monoisotopic (exact) mass is 597 g/mol. The topological polar surface area (TPSA) is 115 Å². The van der Waals surface area contributed by atoms with E-state index in [-0.39, 0.29) is 42.3 Å². The summed E-state index contributed by atoms with van der Waals surface area (Å²) in [6, 6.07) is 13.0. The normalized spacial score (nSPS) is 18.1. The van der Waals surface area contributed by atoms with Crippen molar-refractivity contribution in [3.8, 4) is 11.3 Å². The molecule has 44 heavy (non-hydrogen) atoms. The molecule has 4 aromatic rings. The lowest BCUT2D eigenvalue weighted by Gasteiger charge is -2.29. The molecule has 0 bridgehead atoms. The summed E-state index contributed by atoms with van der Waals surface area (Å²) in [5.74, 6) is -2.52. The van der Waals surface area contributed by atoms with E-state index in [1.54, 1.807) is 12.1 Å². The van der Waals surface area contributed by atoms with Gasteiger partial charge in [0.2, 0.25) is 11.8 Å². The third-order valence-corrected chi connectivity index (χ3v) is 8.74. The Labute approximate surface area is 251 Å². The first-order valence-corrected chi connectivity index (χ1v) is 14.5. The SMILES string of the molecule is CN(Cc1ccc(-c2[nH]c3cc(F)cc4c3c2CCNC4=O)cc1)Cc1ccc2c(c1F)CN(C1CCC(=O)NC1=O)C2=O. The first-order chi connectivity index (χ1) is 21.2. The van der Waals surface area contributed by atoms with Crippen molar-refractivity contribution in [3.05, 3.63) is 93.5 Å².